The minimum atomic E-state index is -2.89. The molecule has 0 saturated carbocycles. The highest BCUT2D eigenvalue weighted by Crippen LogP contribution is 2.17. The maximum absolute atomic E-state index is 10.9. The van der Waals surface area contributed by atoms with Gasteiger partial charge in [0.1, 0.15) is 15.6 Å². The highest BCUT2D eigenvalue weighted by molar-refractivity contribution is 7.90. The smallest absolute Gasteiger partial charge is 0.147 e. The zero-order valence-electron chi connectivity index (χ0n) is 10.3. The number of hydrogen-bond acceptors (Lipinski definition) is 4. The molecule has 0 amide bonds. The minimum absolute atomic E-state index is 0.168. The fraction of sp³-hybridized carbons (Fsp3) is 0.500. The predicted molar refractivity (Wildman–Crippen MR) is 69.0 cm³/mol. The summed E-state index contributed by atoms with van der Waals surface area (Å²) >= 11 is 0. The van der Waals surface area contributed by atoms with E-state index in [1.54, 1.807) is 0 Å². The minimum Gasteiger partial charge on any atom is -0.493 e. The number of hydrogen-bond donors (Lipinski definition) is 1. The molecule has 0 aliphatic rings. The Morgan fingerprint density at radius 3 is 2.65 bits per heavy atom. The monoisotopic (exact) mass is 257 g/mol. The van der Waals surface area contributed by atoms with Crippen molar-refractivity contribution in [3.05, 3.63) is 29.8 Å². The fourth-order valence-electron chi connectivity index (χ4n) is 1.48. The van der Waals surface area contributed by atoms with E-state index in [0.717, 1.165) is 17.9 Å². The van der Waals surface area contributed by atoms with Gasteiger partial charge in [-0.1, -0.05) is 18.2 Å². The Balaban J connectivity index is 2.46. The van der Waals surface area contributed by atoms with Gasteiger partial charge < -0.3 is 10.1 Å². The lowest BCUT2D eigenvalue weighted by Gasteiger charge is -2.10. The number of para-hydroxylation sites is 1. The first kappa shape index (κ1) is 14.0. The topological polar surface area (TPSA) is 55.4 Å². The summed E-state index contributed by atoms with van der Waals surface area (Å²) in [7, 11) is -1.02. The van der Waals surface area contributed by atoms with Gasteiger partial charge >= 0.3 is 0 Å². The lowest BCUT2D eigenvalue weighted by molar-refractivity contribution is 0.314. The maximum Gasteiger partial charge on any atom is 0.147 e. The van der Waals surface area contributed by atoms with Gasteiger partial charge in [-0.15, -0.1) is 0 Å². The van der Waals surface area contributed by atoms with Gasteiger partial charge in [0.25, 0.3) is 0 Å². The zero-order valence-corrected chi connectivity index (χ0v) is 11.1. The summed E-state index contributed by atoms with van der Waals surface area (Å²) in [6.07, 6.45) is 1.76. The van der Waals surface area contributed by atoms with Crippen LogP contribution in [0.25, 0.3) is 0 Å². The number of sulfone groups is 1. The second kappa shape index (κ2) is 6.61. The third-order valence-corrected chi connectivity index (χ3v) is 3.29. The van der Waals surface area contributed by atoms with Crippen molar-refractivity contribution in [2.24, 2.45) is 0 Å². The van der Waals surface area contributed by atoms with Gasteiger partial charge in [0, 0.05) is 18.4 Å². The summed E-state index contributed by atoms with van der Waals surface area (Å²) in [4.78, 5) is 0. The van der Waals surface area contributed by atoms with Gasteiger partial charge in [-0.2, -0.15) is 0 Å². The lowest BCUT2D eigenvalue weighted by atomic mass is 10.2. The zero-order chi connectivity index (χ0) is 12.7. The molecule has 17 heavy (non-hydrogen) atoms. The van der Waals surface area contributed by atoms with Crippen LogP contribution in [0.1, 0.15) is 12.0 Å². The van der Waals surface area contributed by atoms with Gasteiger partial charge in [-0.05, 0) is 19.5 Å². The first-order chi connectivity index (χ1) is 8.03. The Kier molecular flexibility index (Phi) is 5.44. The average Bonchev–Trinajstić information content (AvgIpc) is 2.25. The molecular weight excluding hydrogens is 238 g/mol. The molecule has 0 saturated heterocycles. The Labute approximate surface area is 103 Å². The summed E-state index contributed by atoms with van der Waals surface area (Å²) in [5, 5.41) is 3.06. The molecule has 96 valence electrons. The normalized spacial score (nSPS) is 11.4. The highest BCUT2D eigenvalue weighted by Gasteiger charge is 2.04. The van der Waals surface area contributed by atoms with Crippen LogP contribution in [0.2, 0.25) is 0 Å². The number of ether oxygens (including phenoxy) is 1. The molecule has 0 atom stereocenters. The van der Waals surface area contributed by atoms with Crippen LogP contribution in [-0.2, 0) is 16.4 Å². The second-order valence-corrected chi connectivity index (χ2v) is 6.23. The third kappa shape index (κ3) is 5.70. The average molecular weight is 257 g/mol. The summed E-state index contributed by atoms with van der Waals surface area (Å²) < 4.78 is 27.5. The van der Waals surface area contributed by atoms with E-state index in [1.807, 2.05) is 31.3 Å². The SMILES string of the molecule is CNCc1ccccc1OCCCS(C)(=O)=O. The van der Waals surface area contributed by atoms with Crippen LogP contribution in [-0.4, -0.2) is 34.1 Å². The molecule has 0 heterocycles. The number of benzene rings is 1. The summed E-state index contributed by atoms with van der Waals surface area (Å²) in [5.74, 6) is 0.983. The van der Waals surface area contributed by atoms with E-state index in [1.165, 1.54) is 6.26 Å². The van der Waals surface area contributed by atoms with Gasteiger partial charge in [0.05, 0.1) is 12.4 Å². The maximum atomic E-state index is 10.9. The van der Waals surface area contributed by atoms with Crippen molar-refractivity contribution in [3.63, 3.8) is 0 Å². The fourth-order valence-corrected chi connectivity index (χ4v) is 2.13. The summed E-state index contributed by atoms with van der Waals surface area (Å²) in [5.41, 5.74) is 1.08. The van der Waals surface area contributed by atoms with Crippen LogP contribution >= 0.6 is 0 Å². The Morgan fingerprint density at radius 1 is 1.29 bits per heavy atom. The van der Waals surface area contributed by atoms with Crippen LogP contribution in [0, 0.1) is 0 Å². The summed E-state index contributed by atoms with van der Waals surface area (Å²) in [6, 6.07) is 7.75. The van der Waals surface area contributed by atoms with Crippen molar-refractivity contribution in [1.82, 2.24) is 5.32 Å². The van der Waals surface area contributed by atoms with Gasteiger partial charge in [0.2, 0.25) is 0 Å². The van der Waals surface area contributed by atoms with Crippen LogP contribution < -0.4 is 10.1 Å². The second-order valence-electron chi connectivity index (χ2n) is 3.97. The molecule has 4 nitrogen and oxygen atoms in total. The quantitative estimate of drug-likeness (QED) is 0.746. The van der Waals surface area contributed by atoms with Crippen molar-refractivity contribution in [2.45, 2.75) is 13.0 Å². The predicted octanol–water partition coefficient (Wildman–Crippen LogP) is 1.22. The van der Waals surface area contributed by atoms with Crippen molar-refractivity contribution in [2.75, 3.05) is 25.7 Å². The molecule has 1 N–H and O–H groups in total. The van der Waals surface area contributed by atoms with Crippen LogP contribution in [0.3, 0.4) is 0 Å². The van der Waals surface area contributed by atoms with Crippen molar-refractivity contribution in [1.29, 1.82) is 0 Å². The van der Waals surface area contributed by atoms with Crippen molar-refractivity contribution in [3.8, 4) is 5.75 Å². The van der Waals surface area contributed by atoms with E-state index < -0.39 is 9.84 Å². The third-order valence-electron chi connectivity index (χ3n) is 2.26. The van der Waals surface area contributed by atoms with Crippen LogP contribution in [0.5, 0.6) is 5.75 Å². The number of nitrogens with one attached hydrogen (secondary N) is 1. The first-order valence-corrected chi connectivity index (χ1v) is 7.62. The Hall–Kier alpha value is -1.07. The first-order valence-electron chi connectivity index (χ1n) is 5.56. The molecule has 0 aliphatic carbocycles. The molecule has 1 rings (SSSR count). The Morgan fingerprint density at radius 2 is 2.00 bits per heavy atom. The van der Waals surface area contributed by atoms with Crippen molar-refractivity contribution < 1.29 is 13.2 Å². The molecule has 0 bridgehead atoms. The molecule has 1 aromatic rings. The molecule has 0 aliphatic heterocycles. The molecular formula is C12H19NO3S. The molecule has 5 heteroatoms. The Bertz CT molecular complexity index is 443. The standard InChI is InChI=1S/C12H19NO3S/c1-13-10-11-6-3-4-7-12(11)16-8-5-9-17(2,14)15/h3-4,6-7,13H,5,8-10H2,1-2H3. The number of rotatable bonds is 7. The van der Waals surface area contributed by atoms with E-state index in [4.69, 9.17) is 4.74 Å². The van der Waals surface area contributed by atoms with Crippen LogP contribution in [0.4, 0.5) is 0 Å². The van der Waals surface area contributed by atoms with Crippen molar-refractivity contribution >= 4 is 9.84 Å². The molecule has 0 radical (unpaired) electrons. The van der Waals surface area contributed by atoms with E-state index in [2.05, 4.69) is 5.32 Å². The van der Waals surface area contributed by atoms with Gasteiger partial charge in [-0.25, -0.2) is 8.42 Å². The van der Waals surface area contributed by atoms with E-state index in [0.29, 0.717) is 13.0 Å². The van der Waals surface area contributed by atoms with E-state index >= 15 is 0 Å². The molecule has 1 aromatic carbocycles. The highest BCUT2D eigenvalue weighted by atomic mass is 32.2. The van der Waals surface area contributed by atoms with E-state index in [9.17, 15) is 8.42 Å². The van der Waals surface area contributed by atoms with E-state index in [-0.39, 0.29) is 5.75 Å². The summed E-state index contributed by atoms with van der Waals surface area (Å²) in [6.45, 7) is 1.16. The molecule has 0 fully saturated rings. The molecule has 0 spiro atoms. The van der Waals surface area contributed by atoms with Gasteiger partial charge in [-0.3, -0.25) is 0 Å². The molecule has 0 aromatic heterocycles. The van der Waals surface area contributed by atoms with Crippen LogP contribution in [0.15, 0.2) is 24.3 Å². The largest absolute Gasteiger partial charge is 0.493 e. The molecule has 0 unspecified atom stereocenters. The van der Waals surface area contributed by atoms with Gasteiger partial charge in [0.15, 0.2) is 0 Å². The lowest BCUT2D eigenvalue weighted by Crippen LogP contribution is -2.10.